The fourth-order valence-electron chi connectivity index (χ4n) is 3.23. The van der Waals surface area contributed by atoms with Crippen molar-refractivity contribution in [2.75, 3.05) is 53.4 Å². The van der Waals surface area contributed by atoms with Crippen LogP contribution in [0.1, 0.15) is 11.1 Å². The van der Waals surface area contributed by atoms with Crippen LogP contribution in [-0.2, 0) is 39.4 Å². The lowest BCUT2D eigenvalue weighted by Crippen LogP contribution is -2.44. The summed E-state index contributed by atoms with van der Waals surface area (Å²) < 4.78 is 33.1. The van der Waals surface area contributed by atoms with Gasteiger partial charge < -0.3 is 26.6 Å². The maximum Gasteiger partial charge on any atom is 0.500 e. The molecule has 0 unspecified atom stereocenters. The van der Waals surface area contributed by atoms with E-state index in [4.69, 9.17) is 49.8 Å². The van der Waals surface area contributed by atoms with Crippen molar-refractivity contribution in [3.8, 4) is 0 Å². The predicted molar refractivity (Wildman–Crippen MR) is 143 cm³/mol. The van der Waals surface area contributed by atoms with E-state index in [1.54, 1.807) is 28.4 Å². The summed E-state index contributed by atoms with van der Waals surface area (Å²) >= 11 is 11.2. The molecule has 0 aliphatic heterocycles. The van der Waals surface area contributed by atoms with Crippen molar-refractivity contribution in [1.82, 2.24) is 0 Å². The van der Waals surface area contributed by atoms with Crippen LogP contribution in [0.5, 0.6) is 0 Å². The Balaban J connectivity index is 0.000000340. The average Bonchev–Trinajstić information content (AvgIpc) is 2.91. The Hall–Kier alpha value is -0.786. The second kappa shape index (κ2) is 18.5. The molecule has 0 aliphatic carbocycles. The van der Waals surface area contributed by atoms with Gasteiger partial charge in [-0.05, 0) is 24.0 Å². The van der Waals surface area contributed by atoms with Crippen LogP contribution in [0.3, 0.4) is 0 Å². The molecule has 0 bridgehead atoms. The topological polar surface area (TPSA) is 55.4 Å². The molecule has 0 saturated heterocycles. The normalized spacial score (nSPS) is 11.7. The Morgan fingerprint density at radius 1 is 0.559 bits per heavy atom. The van der Waals surface area contributed by atoms with Crippen molar-refractivity contribution < 1.29 is 26.6 Å². The molecule has 2 aromatic rings. The Kier molecular flexibility index (Phi) is 17.0. The molecular weight excluding hydrogens is 511 g/mol. The zero-order chi connectivity index (χ0) is 25.1. The first-order valence-corrected chi connectivity index (χ1v) is 16.1. The lowest BCUT2D eigenvalue weighted by molar-refractivity contribution is 0.104. The van der Waals surface area contributed by atoms with Gasteiger partial charge in [-0.3, -0.25) is 0 Å². The maximum absolute atomic E-state index is 5.66. The molecule has 6 nitrogen and oxygen atoms in total. The zero-order valence-electron chi connectivity index (χ0n) is 20.6. The molecule has 10 heteroatoms. The van der Waals surface area contributed by atoms with Crippen LogP contribution in [0.15, 0.2) is 60.7 Å². The number of hydrogen-bond acceptors (Lipinski definition) is 6. The van der Waals surface area contributed by atoms with E-state index in [9.17, 15) is 0 Å². The van der Waals surface area contributed by atoms with Crippen LogP contribution in [0, 0.1) is 0 Å². The van der Waals surface area contributed by atoms with Crippen molar-refractivity contribution in [2.24, 2.45) is 0 Å². The zero-order valence-corrected chi connectivity index (χ0v) is 24.1. The summed E-state index contributed by atoms with van der Waals surface area (Å²) in [6.07, 6.45) is 1.77. The van der Waals surface area contributed by atoms with Crippen molar-refractivity contribution in [3.05, 3.63) is 71.8 Å². The summed E-state index contributed by atoms with van der Waals surface area (Å²) in [5, 5.41) is 0. The summed E-state index contributed by atoms with van der Waals surface area (Å²) in [5.41, 5.74) is 2.51. The van der Waals surface area contributed by atoms with Crippen LogP contribution in [0.25, 0.3) is 0 Å². The van der Waals surface area contributed by atoms with Crippen molar-refractivity contribution in [2.45, 2.75) is 24.9 Å². The minimum absolute atomic E-state index is 0.451. The lowest BCUT2D eigenvalue weighted by Gasteiger charge is -2.26. The first-order valence-electron chi connectivity index (χ1n) is 11.2. The van der Waals surface area contributed by atoms with Crippen LogP contribution in [-0.4, -0.2) is 71.0 Å². The molecule has 0 N–H and O–H groups in total. The molecule has 0 atom stereocenters. The highest BCUT2D eigenvalue weighted by Gasteiger charge is 2.39. The third-order valence-electron chi connectivity index (χ3n) is 5.17. The SMILES string of the molecule is CO[Si](CCc1ccccc1)(OC)OCCCl.CO[Si](CCc1ccccc1)(OC)OCCCl. The number of halogens is 2. The fraction of sp³-hybridized carbons (Fsp3) is 0.500. The minimum atomic E-state index is -2.53. The third-order valence-corrected chi connectivity index (χ3v) is 11.0. The van der Waals surface area contributed by atoms with Gasteiger partial charge in [0.25, 0.3) is 0 Å². The van der Waals surface area contributed by atoms with Crippen LogP contribution in [0.2, 0.25) is 12.1 Å². The second-order valence-corrected chi connectivity index (χ2v) is 13.9. The van der Waals surface area contributed by atoms with Crippen LogP contribution >= 0.6 is 23.2 Å². The molecule has 0 amide bonds. The van der Waals surface area contributed by atoms with Crippen molar-refractivity contribution in [3.63, 3.8) is 0 Å². The molecular formula is C24H38Cl2O6Si2. The third kappa shape index (κ3) is 11.8. The summed E-state index contributed by atoms with van der Waals surface area (Å²) in [7, 11) is 1.47. The van der Waals surface area contributed by atoms with Crippen LogP contribution in [0.4, 0.5) is 0 Å². The highest BCUT2D eigenvalue weighted by molar-refractivity contribution is 6.61. The average molecular weight is 550 g/mol. The molecule has 0 radical (unpaired) electrons. The quantitative estimate of drug-likeness (QED) is 0.206. The van der Waals surface area contributed by atoms with E-state index in [0.717, 1.165) is 24.9 Å². The summed E-state index contributed by atoms with van der Waals surface area (Å²) in [6.45, 7) is 0.925. The van der Waals surface area contributed by atoms with Crippen LogP contribution < -0.4 is 0 Å². The van der Waals surface area contributed by atoms with E-state index >= 15 is 0 Å². The number of aryl methyl sites for hydroxylation is 2. The maximum atomic E-state index is 5.66. The summed E-state index contributed by atoms with van der Waals surface area (Å²) in [5.74, 6) is 0.902. The molecule has 2 aromatic carbocycles. The molecule has 0 spiro atoms. The molecule has 0 heterocycles. The Bertz CT molecular complexity index is 671. The van der Waals surface area contributed by atoms with Gasteiger partial charge in [-0.2, -0.15) is 0 Å². The molecule has 2 rings (SSSR count). The van der Waals surface area contributed by atoms with Gasteiger partial charge in [-0.1, -0.05) is 60.7 Å². The van der Waals surface area contributed by atoms with Gasteiger partial charge in [0.2, 0.25) is 0 Å². The number of rotatable bonds is 16. The van der Waals surface area contributed by atoms with Gasteiger partial charge in [-0.25, -0.2) is 0 Å². The molecule has 192 valence electrons. The molecule has 0 fully saturated rings. The van der Waals surface area contributed by atoms with Gasteiger partial charge in [-0.15, -0.1) is 23.2 Å². The first kappa shape index (κ1) is 31.2. The van der Waals surface area contributed by atoms with Gasteiger partial charge in [0.15, 0.2) is 0 Å². The Labute approximate surface area is 217 Å². The van der Waals surface area contributed by atoms with Gasteiger partial charge in [0.1, 0.15) is 0 Å². The highest BCUT2D eigenvalue weighted by atomic mass is 35.5. The second-order valence-electron chi connectivity index (χ2n) is 7.23. The fourth-order valence-corrected chi connectivity index (χ4v) is 7.57. The predicted octanol–water partition coefficient (Wildman–Crippen LogP) is 5.43. The van der Waals surface area contributed by atoms with E-state index in [2.05, 4.69) is 24.3 Å². The summed E-state index contributed by atoms with van der Waals surface area (Å²) in [4.78, 5) is 0. The summed E-state index contributed by atoms with van der Waals surface area (Å²) in [6, 6.07) is 22.0. The number of alkyl halides is 2. The molecule has 0 aromatic heterocycles. The molecule has 0 saturated carbocycles. The van der Waals surface area contributed by atoms with E-state index in [-0.39, 0.29) is 0 Å². The van der Waals surface area contributed by atoms with E-state index in [1.807, 2.05) is 36.4 Å². The first-order chi connectivity index (χ1) is 16.5. The lowest BCUT2D eigenvalue weighted by atomic mass is 10.2. The van der Waals surface area contributed by atoms with Gasteiger partial charge >= 0.3 is 17.6 Å². The van der Waals surface area contributed by atoms with E-state index in [1.165, 1.54) is 11.1 Å². The monoisotopic (exact) mass is 548 g/mol. The smallest absolute Gasteiger partial charge is 0.377 e. The standard InChI is InChI=1S/2C12H19ClO3Si/c2*1-14-17(15-2,16-10-9-13)11-8-12-6-4-3-5-7-12/h2*3-7H,8-11H2,1-2H3. The number of hydrogen-bond donors (Lipinski definition) is 0. The van der Waals surface area contributed by atoms with Crippen molar-refractivity contribution >= 4 is 40.8 Å². The van der Waals surface area contributed by atoms with E-state index in [0.29, 0.717) is 25.0 Å². The Morgan fingerprint density at radius 2 is 0.882 bits per heavy atom. The highest BCUT2D eigenvalue weighted by Crippen LogP contribution is 2.18. The van der Waals surface area contributed by atoms with E-state index < -0.39 is 17.6 Å². The van der Waals surface area contributed by atoms with Gasteiger partial charge in [0, 0.05) is 52.3 Å². The number of benzene rings is 2. The molecule has 0 aliphatic rings. The largest absolute Gasteiger partial charge is 0.500 e. The minimum Gasteiger partial charge on any atom is -0.377 e. The van der Waals surface area contributed by atoms with Gasteiger partial charge in [0.05, 0.1) is 13.2 Å². The molecule has 34 heavy (non-hydrogen) atoms. The Morgan fingerprint density at radius 3 is 1.15 bits per heavy atom. The van der Waals surface area contributed by atoms with Crippen molar-refractivity contribution in [1.29, 1.82) is 0 Å².